The van der Waals surface area contributed by atoms with Crippen molar-refractivity contribution in [1.82, 2.24) is 4.90 Å². The maximum atomic E-state index is 13.3. The highest BCUT2D eigenvalue weighted by atomic mass is 19.2. The van der Waals surface area contributed by atoms with E-state index in [-0.39, 0.29) is 11.7 Å². The minimum absolute atomic E-state index is 0.0226. The van der Waals surface area contributed by atoms with Crippen LogP contribution in [0.4, 0.5) is 8.78 Å². The van der Waals surface area contributed by atoms with Gasteiger partial charge in [0.2, 0.25) is 0 Å². The van der Waals surface area contributed by atoms with E-state index in [1.54, 1.807) is 31.2 Å². The second-order valence-electron chi connectivity index (χ2n) is 7.05. The summed E-state index contributed by atoms with van der Waals surface area (Å²) < 4.78 is 26.3. The highest BCUT2D eigenvalue weighted by molar-refractivity contribution is 5.94. The number of piperidine rings is 1. The third-order valence-corrected chi connectivity index (χ3v) is 5.08. The van der Waals surface area contributed by atoms with E-state index in [0.29, 0.717) is 30.0 Å². The molecule has 1 fully saturated rings. The summed E-state index contributed by atoms with van der Waals surface area (Å²) in [7, 11) is 0. The second kappa shape index (κ2) is 7.85. The van der Waals surface area contributed by atoms with Crippen molar-refractivity contribution in [3.8, 4) is 5.75 Å². The summed E-state index contributed by atoms with van der Waals surface area (Å²) in [6.07, 6.45) is 3.47. The van der Waals surface area contributed by atoms with Crippen molar-refractivity contribution < 1.29 is 18.7 Å². The minimum Gasteiger partial charge on any atom is -0.508 e. The Hall–Kier alpha value is -2.43. The Balaban J connectivity index is 1.60. The van der Waals surface area contributed by atoms with Crippen LogP contribution in [0.15, 0.2) is 36.4 Å². The lowest BCUT2D eigenvalue weighted by atomic mass is 9.91. The van der Waals surface area contributed by atoms with Crippen molar-refractivity contribution in [2.75, 3.05) is 13.1 Å². The van der Waals surface area contributed by atoms with Gasteiger partial charge in [0.25, 0.3) is 5.91 Å². The molecular formula is C21H23F2NO2. The second-order valence-corrected chi connectivity index (χ2v) is 7.05. The fourth-order valence-electron chi connectivity index (χ4n) is 3.52. The number of rotatable bonds is 4. The van der Waals surface area contributed by atoms with Crippen LogP contribution in [-0.2, 0) is 6.42 Å². The summed E-state index contributed by atoms with van der Waals surface area (Å²) in [4.78, 5) is 14.6. The number of carbonyl (C=O) groups is 1. The van der Waals surface area contributed by atoms with Crippen LogP contribution in [0, 0.1) is 24.5 Å². The predicted octanol–water partition coefficient (Wildman–Crippen LogP) is 4.46. The molecule has 2 aromatic rings. The van der Waals surface area contributed by atoms with Crippen LogP contribution in [0.25, 0.3) is 0 Å². The molecule has 1 atom stereocenters. The Labute approximate surface area is 152 Å². The van der Waals surface area contributed by atoms with Gasteiger partial charge < -0.3 is 10.0 Å². The molecule has 0 aliphatic carbocycles. The van der Waals surface area contributed by atoms with Gasteiger partial charge in [-0.25, -0.2) is 8.78 Å². The van der Waals surface area contributed by atoms with E-state index in [4.69, 9.17) is 0 Å². The molecule has 3 rings (SSSR count). The maximum absolute atomic E-state index is 13.3. The zero-order valence-corrected chi connectivity index (χ0v) is 14.8. The Morgan fingerprint density at radius 1 is 1.19 bits per heavy atom. The Bertz CT molecular complexity index is 807. The predicted molar refractivity (Wildman–Crippen MR) is 96.2 cm³/mol. The molecule has 1 amide bonds. The SMILES string of the molecule is Cc1cc(C(=O)N2CCCC(CCc3ccc(F)c(F)c3)C2)ccc1O. The zero-order chi connectivity index (χ0) is 18.7. The molecule has 1 unspecified atom stereocenters. The summed E-state index contributed by atoms with van der Waals surface area (Å²) in [6, 6.07) is 8.93. The molecule has 5 heteroatoms. The number of hydrogen-bond donors (Lipinski definition) is 1. The summed E-state index contributed by atoms with van der Waals surface area (Å²) in [5.41, 5.74) is 2.05. The number of hydrogen-bond acceptors (Lipinski definition) is 2. The molecule has 1 saturated heterocycles. The lowest BCUT2D eigenvalue weighted by Crippen LogP contribution is -2.40. The minimum atomic E-state index is -0.827. The molecule has 3 nitrogen and oxygen atoms in total. The number of nitrogens with zero attached hydrogens (tertiary/aromatic N) is 1. The lowest BCUT2D eigenvalue weighted by Gasteiger charge is -2.33. The van der Waals surface area contributed by atoms with Crippen LogP contribution < -0.4 is 0 Å². The number of aromatic hydroxyl groups is 1. The first-order chi connectivity index (χ1) is 12.4. The standard InChI is InChI=1S/C21H23F2NO2/c1-14-11-17(7-9-20(14)25)21(26)24-10-2-3-16(13-24)5-4-15-6-8-18(22)19(23)12-15/h6-9,11-12,16,25H,2-5,10,13H2,1H3. The average Bonchev–Trinajstić information content (AvgIpc) is 2.64. The van der Waals surface area contributed by atoms with Gasteiger partial charge in [0, 0.05) is 18.7 Å². The largest absolute Gasteiger partial charge is 0.508 e. The van der Waals surface area contributed by atoms with Crippen LogP contribution in [0.3, 0.4) is 0 Å². The molecule has 1 aliphatic rings. The molecular weight excluding hydrogens is 336 g/mol. The van der Waals surface area contributed by atoms with Gasteiger partial charge in [-0.1, -0.05) is 6.07 Å². The van der Waals surface area contributed by atoms with Gasteiger partial charge in [0.05, 0.1) is 0 Å². The number of likely N-dealkylation sites (tertiary alicyclic amines) is 1. The molecule has 0 aromatic heterocycles. The first-order valence-electron chi connectivity index (χ1n) is 8.97. The van der Waals surface area contributed by atoms with E-state index in [2.05, 4.69) is 0 Å². The highest BCUT2D eigenvalue weighted by Crippen LogP contribution is 2.25. The van der Waals surface area contributed by atoms with Crippen LogP contribution in [-0.4, -0.2) is 29.0 Å². The summed E-state index contributed by atoms with van der Waals surface area (Å²) >= 11 is 0. The number of benzene rings is 2. The Morgan fingerprint density at radius 3 is 2.73 bits per heavy atom. The van der Waals surface area contributed by atoms with Crippen molar-refractivity contribution >= 4 is 5.91 Å². The third-order valence-electron chi connectivity index (χ3n) is 5.08. The fourth-order valence-corrected chi connectivity index (χ4v) is 3.52. The molecule has 1 N–H and O–H groups in total. The third kappa shape index (κ3) is 4.21. The van der Waals surface area contributed by atoms with Crippen LogP contribution >= 0.6 is 0 Å². The quantitative estimate of drug-likeness (QED) is 0.875. The van der Waals surface area contributed by atoms with Gasteiger partial charge in [0.15, 0.2) is 11.6 Å². The summed E-state index contributed by atoms with van der Waals surface area (Å²) in [6.45, 7) is 3.16. The smallest absolute Gasteiger partial charge is 0.253 e. The summed E-state index contributed by atoms with van der Waals surface area (Å²) in [5, 5.41) is 9.62. The van der Waals surface area contributed by atoms with E-state index < -0.39 is 11.6 Å². The number of carbonyl (C=O) groups excluding carboxylic acids is 1. The van der Waals surface area contributed by atoms with Crippen molar-refractivity contribution in [2.24, 2.45) is 5.92 Å². The average molecular weight is 359 g/mol. The van der Waals surface area contributed by atoms with Crippen molar-refractivity contribution in [3.63, 3.8) is 0 Å². The number of amides is 1. The Morgan fingerprint density at radius 2 is 2.00 bits per heavy atom. The summed E-state index contributed by atoms with van der Waals surface area (Å²) in [5.74, 6) is -1.13. The van der Waals surface area contributed by atoms with Crippen LogP contribution in [0.2, 0.25) is 0 Å². The first kappa shape index (κ1) is 18.4. The zero-order valence-electron chi connectivity index (χ0n) is 14.8. The maximum Gasteiger partial charge on any atom is 0.253 e. The van der Waals surface area contributed by atoms with Crippen LogP contribution in [0.5, 0.6) is 5.75 Å². The van der Waals surface area contributed by atoms with E-state index in [9.17, 15) is 18.7 Å². The van der Waals surface area contributed by atoms with E-state index in [1.807, 2.05) is 4.90 Å². The highest BCUT2D eigenvalue weighted by Gasteiger charge is 2.24. The number of phenolic OH excluding ortho intramolecular Hbond substituents is 1. The lowest BCUT2D eigenvalue weighted by molar-refractivity contribution is 0.0668. The normalized spacial score (nSPS) is 17.3. The van der Waals surface area contributed by atoms with E-state index >= 15 is 0 Å². The topological polar surface area (TPSA) is 40.5 Å². The fraction of sp³-hybridized carbons (Fsp3) is 0.381. The molecule has 1 heterocycles. The van der Waals surface area contributed by atoms with Gasteiger partial charge in [-0.2, -0.15) is 0 Å². The Kier molecular flexibility index (Phi) is 5.55. The number of aryl methyl sites for hydroxylation is 2. The molecule has 0 saturated carbocycles. The van der Waals surface area contributed by atoms with Gasteiger partial charge in [-0.15, -0.1) is 0 Å². The molecule has 138 valence electrons. The molecule has 0 radical (unpaired) electrons. The molecule has 1 aliphatic heterocycles. The van der Waals surface area contributed by atoms with Gasteiger partial charge in [-0.05, 0) is 80.0 Å². The van der Waals surface area contributed by atoms with Crippen LogP contribution in [0.1, 0.15) is 40.7 Å². The number of phenols is 1. The number of halogens is 2. The molecule has 0 bridgehead atoms. The van der Waals surface area contributed by atoms with Gasteiger partial charge >= 0.3 is 0 Å². The van der Waals surface area contributed by atoms with Gasteiger partial charge in [-0.3, -0.25) is 4.79 Å². The monoisotopic (exact) mass is 359 g/mol. The van der Waals surface area contributed by atoms with E-state index in [0.717, 1.165) is 37.4 Å². The first-order valence-corrected chi connectivity index (χ1v) is 8.97. The van der Waals surface area contributed by atoms with Gasteiger partial charge in [0.1, 0.15) is 5.75 Å². The molecule has 0 spiro atoms. The van der Waals surface area contributed by atoms with Crippen molar-refractivity contribution in [1.29, 1.82) is 0 Å². The molecule has 2 aromatic carbocycles. The molecule has 26 heavy (non-hydrogen) atoms. The van der Waals surface area contributed by atoms with E-state index in [1.165, 1.54) is 6.07 Å². The van der Waals surface area contributed by atoms with Crippen molar-refractivity contribution in [2.45, 2.75) is 32.6 Å². The van der Waals surface area contributed by atoms with Crippen molar-refractivity contribution in [3.05, 3.63) is 64.7 Å².